The first-order chi connectivity index (χ1) is 11.6. The van der Waals surface area contributed by atoms with E-state index in [1.165, 1.54) is 4.90 Å². The molecule has 1 atom stereocenters. The van der Waals surface area contributed by atoms with Gasteiger partial charge in [-0.25, -0.2) is 0 Å². The average Bonchev–Trinajstić information content (AvgIpc) is 2.84. The molecule has 3 rings (SSSR count). The summed E-state index contributed by atoms with van der Waals surface area (Å²) in [5.74, 6) is -0.420. The van der Waals surface area contributed by atoms with Gasteiger partial charge in [0.2, 0.25) is 0 Å². The highest BCUT2D eigenvalue weighted by Crippen LogP contribution is 2.23. The van der Waals surface area contributed by atoms with Gasteiger partial charge in [-0.15, -0.1) is 0 Å². The zero-order valence-electron chi connectivity index (χ0n) is 14.2. The summed E-state index contributed by atoms with van der Waals surface area (Å²) < 4.78 is 11.2. The van der Waals surface area contributed by atoms with Crippen LogP contribution in [0.25, 0.3) is 0 Å². The molecule has 0 spiro atoms. The largest absolute Gasteiger partial charge is 0.379 e. The smallest absolute Gasteiger partial charge is 0.261 e. The highest BCUT2D eigenvalue weighted by molar-refractivity contribution is 6.21. The van der Waals surface area contributed by atoms with Crippen LogP contribution in [0.1, 0.15) is 34.6 Å². The maximum Gasteiger partial charge on any atom is 0.261 e. The monoisotopic (exact) mass is 332 g/mol. The number of hydrogen-bond donors (Lipinski definition) is 0. The molecule has 0 saturated carbocycles. The summed E-state index contributed by atoms with van der Waals surface area (Å²) in [6.45, 7) is 7.71. The highest BCUT2D eigenvalue weighted by Gasteiger charge is 2.37. The van der Waals surface area contributed by atoms with E-state index in [4.69, 9.17) is 9.47 Å². The van der Waals surface area contributed by atoms with E-state index >= 15 is 0 Å². The molecule has 130 valence electrons. The molecule has 24 heavy (non-hydrogen) atoms. The third-order valence-electron chi connectivity index (χ3n) is 4.46. The maximum absolute atomic E-state index is 12.6. The number of imide groups is 1. The zero-order valence-corrected chi connectivity index (χ0v) is 14.2. The normalized spacial score (nSPS) is 19.9. The van der Waals surface area contributed by atoms with Gasteiger partial charge in [0.1, 0.15) is 0 Å². The minimum absolute atomic E-state index is 0.0153. The van der Waals surface area contributed by atoms with Crippen LogP contribution in [0.15, 0.2) is 24.3 Å². The lowest BCUT2D eigenvalue weighted by Crippen LogP contribution is -2.52. The number of carbonyl (C=O) groups is 2. The van der Waals surface area contributed by atoms with E-state index in [1.807, 2.05) is 13.8 Å². The van der Waals surface area contributed by atoms with E-state index in [0.717, 1.165) is 13.1 Å². The molecule has 6 heteroatoms. The van der Waals surface area contributed by atoms with Gasteiger partial charge in [0, 0.05) is 19.6 Å². The van der Waals surface area contributed by atoms with E-state index in [-0.39, 0.29) is 24.0 Å². The number of rotatable bonds is 6. The number of amides is 2. The topological polar surface area (TPSA) is 59.1 Å². The SMILES string of the molecule is CC(C)OCC(CN1C(=O)c2ccccc2C1=O)N1CCOCC1. The molecule has 0 radical (unpaired) electrons. The highest BCUT2D eigenvalue weighted by atomic mass is 16.5. The van der Waals surface area contributed by atoms with Crippen LogP contribution in [0.5, 0.6) is 0 Å². The fourth-order valence-corrected chi connectivity index (χ4v) is 3.14. The Hall–Kier alpha value is -1.76. The predicted octanol–water partition coefficient (Wildman–Crippen LogP) is 1.41. The van der Waals surface area contributed by atoms with Gasteiger partial charge in [-0.1, -0.05) is 12.1 Å². The Kier molecular flexibility index (Phi) is 5.28. The molecule has 2 aliphatic rings. The Morgan fingerprint density at radius 3 is 2.21 bits per heavy atom. The van der Waals surface area contributed by atoms with Gasteiger partial charge in [-0.05, 0) is 26.0 Å². The molecule has 0 aliphatic carbocycles. The number of fused-ring (bicyclic) bond motifs is 1. The minimum atomic E-state index is -0.210. The van der Waals surface area contributed by atoms with Crippen LogP contribution in [-0.2, 0) is 9.47 Å². The lowest BCUT2D eigenvalue weighted by molar-refractivity contribution is -0.0278. The van der Waals surface area contributed by atoms with Gasteiger partial charge in [-0.2, -0.15) is 0 Å². The van der Waals surface area contributed by atoms with Gasteiger partial charge in [0.15, 0.2) is 0 Å². The second-order valence-corrected chi connectivity index (χ2v) is 6.45. The van der Waals surface area contributed by atoms with E-state index in [0.29, 0.717) is 37.5 Å². The number of benzene rings is 1. The van der Waals surface area contributed by atoms with Crippen LogP contribution in [0.2, 0.25) is 0 Å². The van der Waals surface area contributed by atoms with Crippen LogP contribution < -0.4 is 0 Å². The lowest BCUT2D eigenvalue weighted by atomic mass is 10.1. The molecule has 0 N–H and O–H groups in total. The van der Waals surface area contributed by atoms with Crippen molar-refractivity contribution in [3.63, 3.8) is 0 Å². The molecule has 0 bridgehead atoms. The lowest BCUT2D eigenvalue weighted by Gasteiger charge is -2.36. The molecule has 2 aliphatic heterocycles. The number of hydrogen-bond acceptors (Lipinski definition) is 5. The molecule has 0 aromatic heterocycles. The molecule has 2 amide bonds. The molecule has 1 aromatic carbocycles. The molecule has 2 heterocycles. The van der Waals surface area contributed by atoms with Crippen LogP contribution >= 0.6 is 0 Å². The Labute approximate surface area is 142 Å². The van der Waals surface area contributed by atoms with Crippen molar-refractivity contribution < 1.29 is 19.1 Å². The standard InChI is InChI=1S/C18H24N2O4/c1-13(2)24-12-14(19-7-9-23-10-8-19)11-20-17(21)15-5-3-4-6-16(15)18(20)22/h3-6,13-14H,7-12H2,1-2H3. The van der Waals surface area contributed by atoms with Crippen molar-refractivity contribution in [2.24, 2.45) is 0 Å². The van der Waals surface area contributed by atoms with Crippen molar-refractivity contribution >= 4 is 11.8 Å². The number of morpholine rings is 1. The van der Waals surface area contributed by atoms with Crippen molar-refractivity contribution in [1.82, 2.24) is 9.80 Å². The van der Waals surface area contributed by atoms with Crippen LogP contribution in [0.3, 0.4) is 0 Å². The minimum Gasteiger partial charge on any atom is -0.379 e. The molecule has 1 aromatic rings. The van der Waals surface area contributed by atoms with E-state index in [9.17, 15) is 9.59 Å². The summed E-state index contributed by atoms with van der Waals surface area (Å²) in [5.41, 5.74) is 0.987. The first-order valence-electron chi connectivity index (χ1n) is 8.46. The van der Waals surface area contributed by atoms with Gasteiger partial charge < -0.3 is 9.47 Å². The second-order valence-electron chi connectivity index (χ2n) is 6.45. The van der Waals surface area contributed by atoms with Crippen molar-refractivity contribution in [3.8, 4) is 0 Å². The summed E-state index contributed by atoms with van der Waals surface area (Å²) in [6, 6.07) is 6.98. The van der Waals surface area contributed by atoms with Gasteiger partial charge in [0.05, 0.1) is 43.1 Å². The average molecular weight is 332 g/mol. The Morgan fingerprint density at radius 1 is 1.08 bits per heavy atom. The summed E-state index contributed by atoms with van der Waals surface area (Å²) >= 11 is 0. The molecular formula is C18H24N2O4. The van der Waals surface area contributed by atoms with E-state index in [2.05, 4.69) is 4.90 Å². The van der Waals surface area contributed by atoms with E-state index < -0.39 is 0 Å². The van der Waals surface area contributed by atoms with Crippen LogP contribution in [-0.4, -0.2) is 73.2 Å². The molecule has 1 unspecified atom stereocenters. The van der Waals surface area contributed by atoms with Gasteiger partial charge in [0.25, 0.3) is 11.8 Å². The Morgan fingerprint density at radius 2 is 1.67 bits per heavy atom. The van der Waals surface area contributed by atoms with Gasteiger partial charge in [-0.3, -0.25) is 19.4 Å². The summed E-state index contributed by atoms with van der Waals surface area (Å²) in [6.07, 6.45) is 0.107. The fraction of sp³-hybridized carbons (Fsp3) is 0.556. The Bertz CT molecular complexity index is 576. The van der Waals surface area contributed by atoms with Crippen LogP contribution in [0, 0.1) is 0 Å². The first kappa shape index (κ1) is 17.1. The predicted molar refractivity (Wildman–Crippen MR) is 89.1 cm³/mol. The number of nitrogens with zero attached hydrogens (tertiary/aromatic N) is 2. The number of ether oxygens (including phenoxy) is 2. The Balaban J connectivity index is 1.74. The summed E-state index contributed by atoms with van der Waals surface area (Å²) in [4.78, 5) is 28.8. The molecule has 6 nitrogen and oxygen atoms in total. The van der Waals surface area contributed by atoms with Crippen molar-refractivity contribution in [2.75, 3.05) is 39.5 Å². The molecular weight excluding hydrogens is 308 g/mol. The zero-order chi connectivity index (χ0) is 17.1. The van der Waals surface area contributed by atoms with Gasteiger partial charge >= 0.3 is 0 Å². The summed E-state index contributed by atoms with van der Waals surface area (Å²) in [5, 5.41) is 0. The van der Waals surface area contributed by atoms with Crippen molar-refractivity contribution in [3.05, 3.63) is 35.4 Å². The van der Waals surface area contributed by atoms with E-state index in [1.54, 1.807) is 24.3 Å². The first-order valence-corrected chi connectivity index (χ1v) is 8.46. The summed E-state index contributed by atoms with van der Waals surface area (Å²) in [7, 11) is 0. The maximum atomic E-state index is 12.6. The molecule has 1 saturated heterocycles. The van der Waals surface area contributed by atoms with Crippen molar-refractivity contribution in [2.45, 2.75) is 26.0 Å². The number of carbonyl (C=O) groups excluding carboxylic acids is 2. The quantitative estimate of drug-likeness (QED) is 0.737. The van der Waals surface area contributed by atoms with Crippen LogP contribution in [0.4, 0.5) is 0 Å². The fourth-order valence-electron chi connectivity index (χ4n) is 3.14. The third-order valence-corrected chi connectivity index (χ3v) is 4.46. The van der Waals surface area contributed by atoms with Crippen molar-refractivity contribution in [1.29, 1.82) is 0 Å². The molecule has 1 fully saturated rings. The second kappa shape index (κ2) is 7.42. The third kappa shape index (κ3) is 3.50.